The highest BCUT2D eigenvalue weighted by molar-refractivity contribution is 5.82. The first-order valence-electron chi connectivity index (χ1n) is 7.26. The summed E-state index contributed by atoms with van der Waals surface area (Å²) in [5.74, 6) is 1.57. The third-order valence-corrected chi connectivity index (χ3v) is 3.41. The van der Waals surface area contributed by atoms with E-state index in [0.717, 1.165) is 24.4 Å². The summed E-state index contributed by atoms with van der Waals surface area (Å²) in [6.07, 6.45) is 3.25. The molecule has 0 aliphatic rings. The summed E-state index contributed by atoms with van der Waals surface area (Å²) in [6.45, 7) is 6.81. The Balaban J connectivity index is 1.89. The molecule has 21 heavy (non-hydrogen) atoms. The third-order valence-electron chi connectivity index (χ3n) is 3.41. The van der Waals surface area contributed by atoms with E-state index < -0.39 is 0 Å². The number of hydrogen-bond acceptors (Lipinski definition) is 4. The van der Waals surface area contributed by atoms with Crippen molar-refractivity contribution in [3.05, 3.63) is 48.2 Å². The van der Waals surface area contributed by atoms with Crippen molar-refractivity contribution in [3.8, 4) is 0 Å². The van der Waals surface area contributed by atoms with Gasteiger partial charge in [-0.15, -0.1) is 0 Å². The maximum absolute atomic E-state index is 6.00. The average molecular weight is 284 g/mol. The smallest absolute Gasteiger partial charge is 0.137 e. The fraction of sp³-hybridized carbons (Fsp3) is 0.375. The van der Waals surface area contributed by atoms with Crippen molar-refractivity contribution in [2.24, 2.45) is 5.92 Å². The fourth-order valence-electron chi connectivity index (χ4n) is 2.42. The second-order valence-electron chi connectivity index (χ2n) is 5.62. The molecule has 0 amide bonds. The number of hydrogen-bond donors (Lipinski definition) is 1. The molecule has 0 fully saturated rings. The molecule has 0 spiro atoms. The summed E-state index contributed by atoms with van der Waals surface area (Å²) in [7, 11) is 0. The van der Waals surface area contributed by atoms with Crippen molar-refractivity contribution in [2.45, 2.75) is 26.9 Å². The molecule has 110 valence electrons. The minimum atomic E-state index is 0.605. The van der Waals surface area contributed by atoms with E-state index in [1.54, 1.807) is 17.3 Å². The summed E-state index contributed by atoms with van der Waals surface area (Å²) in [5, 5.41) is 8.82. The van der Waals surface area contributed by atoms with Crippen LogP contribution in [0.15, 0.2) is 41.3 Å². The van der Waals surface area contributed by atoms with Crippen LogP contribution in [-0.2, 0) is 13.1 Å². The zero-order valence-corrected chi connectivity index (χ0v) is 12.4. The lowest BCUT2D eigenvalue weighted by Crippen LogP contribution is -2.19. The van der Waals surface area contributed by atoms with Crippen LogP contribution in [0.4, 0.5) is 0 Å². The highest BCUT2D eigenvalue weighted by Crippen LogP contribution is 2.26. The number of fused-ring (bicyclic) bond motifs is 1. The third kappa shape index (κ3) is 3.13. The van der Waals surface area contributed by atoms with Gasteiger partial charge in [-0.2, -0.15) is 5.10 Å². The second kappa shape index (κ2) is 6.10. The molecular weight excluding hydrogens is 264 g/mol. The standard InChI is InChI=1S/C16H20N4O/c1-12(2)7-17-8-14-13-5-3-4-6-15(13)21-16(14)9-20-11-18-10-19-20/h3-6,10-12,17H,7-9H2,1-2H3. The van der Waals surface area contributed by atoms with Gasteiger partial charge in [0.05, 0.1) is 0 Å². The predicted molar refractivity (Wildman–Crippen MR) is 81.9 cm³/mol. The van der Waals surface area contributed by atoms with Gasteiger partial charge in [0.25, 0.3) is 0 Å². The molecule has 0 saturated heterocycles. The Kier molecular flexibility index (Phi) is 4.01. The summed E-state index contributed by atoms with van der Waals surface area (Å²) in [6, 6.07) is 8.15. The number of benzene rings is 1. The van der Waals surface area contributed by atoms with Crippen molar-refractivity contribution in [1.82, 2.24) is 20.1 Å². The Morgan fingerprint density at radius 1 is 1.29 bits per heavy atom. The van der Waals surface area contributed by atoms with Crippen molar-refractivity contribution >= 4 is 11.0 Å². The SMILES string of the molecule is CC(C)CNCc1c(Cn2cncn2)oc2ccccc12. The van der Waals surface area contributed by atoms with E-state index in [1.165, 1.54) is 10.9 Å². The molecule has 0 unspecified atom stereocenters. The van der Waals surface area contributed by atoms with Crippen LogP contribution in [0.5, 0.6) is 0 Å². The molecule has 3 rings (SSSR count). The van der Waals surface area contributed by atoms with Crippen molar-refractivity contribution in [1.29, 1.82) is 0 Å². The molecular formula is C16H20N4O. The zero-order valence-electron chi connectivity index (χ0n) is 12.4. The molecule has 5 heteroatoms. The van der Waals surface area contributed by atoms with Crippen LogP contribution in [-0.4, -0.2) is 21.3 Å². The Morgan fingerprint density at radius 3 is 2.90 bits per heavy atom. The molecule has 0 bridgehead atoms. The largest absolute Gasteiger partial charge is 0.459 e. The lowest BCUT2D eigenvalue weighted by atomic mass is 10.1. The van der Waals surface area contributed by atoms with E-state index in [4.69, 9.17) is 4.42 Å². The van der Waals surface area contributed by atoms with E-state index in [-0.39, 0.29) is 0 Å². The number of para-hydroxylation sites is 1. The molecule has 1 aromatic carbocycles. The minimum Gasteiger partial charge on any atom is -0.459 e. The molecule has 0 saturated carbocycles. The number of aromatic nitrogens is 3. The van der Waals surface area contributed by atoms with Gasteiger partial charge in [-0.05, 0) is 18.5 Å². The first-order valence-corrected chi connectivity index (χ1v) is 7.26. The Morgan fingerprint density at radius 2 is 2.14 bits per heavy atom. The molecule has 1 N–H and O–H groups in total. The quantitative estimate of drug-likeness (QED) is 0.756. The summed E-state index contributed by atoms with van der Waals surface area (Å²) in [5.41, 5.74) is 2.13. The summed E-state index contributed by atoms with van der Waals surface area (Å²) < 4.78 is 7.78. The van der Waals surface area contributed by atoms with Crippen LogP contribution in [0.1, 0.15) is 25.2 Å². The van der Waals surface area contributed by atoms with Crippen molar-refractivity contribution in [2.75, 3.05) is 6.54 Å². The monoisotopic (exact) mass is 284 g/mol. The van der Waals surface area contributed by atoms with E-state index >= 15 is 0 Å². The normalized spacial score (nSPS) is 11.6. The second-order valence-corrected chi connectivity index (χ2v) is 5.62. The van der Waals surface area contributed by atoms with E-state index in [2.05, 4.69) is 35.3 Å². The predicted octanol–water partition coefficient (Wildman–Crippen LogP) is 2.82. The molecule has 0 radical (unpaired) electrons. The van der Waals surface area contributed by atoms with Gasteiger partial charge in [-0.1, -0.05) is 32.0 Å². The van der Waals surface area contributed by atoms with E-state index in [9.17, 15) is 0 Å². The first-order chi connectivity index (χ1) is 10.2. The van der Waals surface area contributed by atoms with Gasteiger partial charge in [0.15, 0.2) is 0 Å². The summed E-state index contributed by atoms with van der Waals surface area (Å²) in [4.78, 5) is 3.98. The van der Waals surface area contributed by atoms with Crippen LogP contribution >= 0.6 is 0 Å². The lowest BCUT2D eigenvalue weighted by Gasteiger charge is -2.08. The van der Waals surface area contributed by atoms with Gasteiger partial charge in [0.1, 0.15) is 30.5 Å². The first kappa shape index (κ1) is 13.8. The molecule has 0 aliphatic carbocycles. The Hall–Kier alpha value is -2.14. The molecule has 0 aliphatic heterocycles. The van der Waals surface area contributed by atoms with Crippen LogP contribution in [0.2, 0.25) is 0 Å². The van der Waals surface area contributed by atoms with Crippen molar-refractivity contribution in [3.63, 3.8) is 0 Å². The maximum atomic E-state index is 6.00. The Labute approximate surface area is 124 Å². The van der Waals surface area contributed by atoms with Gasteiger partial charge < -0.3 is 9.73 Å². The molecule has 2 aromatic heterocycles. The van der Waals surface area contributed by atoms with Gasteiger partial charge in [0, 0.05) is 17.5 Å². The van der Waals surface area contributed by atoms with E-state index in [1.807, 2.05) is 18.2 Å². The summed E-state index contributed by atoms with van der Waals surface area (Å²) >= 11 is 0. The zero-order chi connectivity index (χ0) is 14.7. The Bertz CT molecular complexity index is 700. The molecule has 5 nitrogen and oxygen atoms in total. The van der Waals surface area contributed by atoms with Gasteiger partial charge in [0.2, 0.25) is 0 Å². The number of nitrogens with one attached hydrogen (secondary N) is 1. The van der Waals surface area contributed by atoms with Crippen LogP contribution < -0.4 is 5.32 Å². The number of nitrogens with zero attached hydrogens (tertiary/aromatic N) is 3. The van der Waals surface area contributed by atoms with Crippen LogP contribution in [0.25, 0.3) is 11.0 Å². The van der Waals surface area contributed by atoms with Crippen LogP contribution in [0.3, 0.4) is 0 Å². The minimum absolute atomic E-state index is 0.605. The molecule has 2 heterocycles. The topological polar surface area (TPSA) is 55.9 Å². The number of rotatable bonds is 6. The van der Waals surface area contributed by atoms with Gasteiger partial charge >= 0.3 is 0 Å². The fourth-order valence-corrected chi connectivity index (χ4v) is 2.42. The molecule has 3 aromatic rings. The highest BCUT2D eigenvalue weighted by atomic mass is 16.3. The van der Waals surface area contributed by atoms with E-state index in [0.29, 0.717) is 12.5 Å². The average Bonchev–Trinajstić information content (AvgIpc) is 3.07. The highest BCUT2D eigenvalue weighted by Gasteiger charge is 2.14. The van der Waals surface area contributed by atoms with Crippen LogP contribution in [0, 0.1) is 5.92 Å². The van der Waals surface area contributed by atoms with Gasteiger partial charge in [-0.3, -0.25) is 0 Å². The van der Waals surface area contributed by atoms with Gasteiger partial charge in [-0.25, -0.2) is 9.67 Å². The number of furan rings is 1. The maximum Gasteiger partial charge on any atom is 0.137 e. The molecule has 0 atom stereocenters. The lowest BCUT2D eigenvalue weighted by molar-refractivity contribution is 0.493. The van der Waals surface area contributed by atoms with Crippen molar-refractivity contribution < 1.29 is 4.42 Å².